The molecule has 0 heterocycles. The van der Waals surface area contributed by atoms with Crippen LogP contribution in [0.4, 0.5) is 0 Å². The molecule has 0 saturated heterocycles. The minimum atomic E-state index is -1.47. The minimum Gasteiger partial charge on any atom is -0.459 e. The van der Waals surface area contributed by atoms with E-state index >= 15 is 0 Å². The second-order valence-electron chi connectivity index (χ2n) is 1.58. The lowest BCUT2D eigenvalue weighted by molar-refractivity contribution is -0.152. The van der Waals surface area contributed by atoms with E-state index in [0.717, 1.165) is 6.08 Å². The molecule has 3 nitrogen and oxygen atoms in total. The summed E-state index contributed by atoms with van der Waals surface area (Å²) in [6, 6.07) is 0. The molecule has 1 atom stereocenters. The Hall–Kier alpha value is -1.09. The standard InChI is InChI=1S/C7H9O3/c1-3-5-10-7(9)6(8)4-2/h3-4,6H,1-2,5H2/t6-/m0/s1. The number of rotatable bonds is 4. The summed E-state index contributed by atoms with van der Waals surface area (Å²) >= 11 is 0. The van der Waals surface area contributed by atoms with Crippen molar-refractivity contribution in [2.45, 2.75) is 6.10 Å². The summed E-state index contributed by atoms with van der Waals surface area (Å²) in [5.74, 6) is -0.810. The van der Waals surface area contributed by atoms with Crippen LogP contribution in [0.3, 0.4) is 0 Å². The highest BCUT2D eigenvalue weighted by molar-refractivity contribution is 5.76. The van der Waals surface area contributed by atoms with Crippen LogP contribution in [0.1, 0.15) is 0 Å². The van der Waals surface area contributed by atoms with Gasteiger partial charge in [-0.25, -0.2) is 9.90 Å². The van der Waals surface area contributed by atoms with Crippen molar-refractivity contribution < 1.29 is 14.6 Å². The first-order valence-corrected chi connectivity index (χ1v) is 2.78. The zero-order chi connectivity index (χ0) is 7.98. The summed E-state index contributed by atoms with van der Waals surface area (Å²) in [4.78, 5) is 10.5. The fourth-order valence-electron chi connectivity index (χ4n) is 0.319. The molecule has 0 unspecified atom stereocenters. The number of carbonyl (C=O) groups is 1. The fourth-order valence-corrected chi connectivity index (χ4v) is 0.319. The van der Waals surface area contributed by atoms with Gasteiger partial charge in [0.1, 0.15) is 6.61 Å². The summed E-state index contributed by atoms with van der Waals surface area (Å²) in [7, 11) is 0. The maximum absolute atomic E-state index is 10.5. The molecule has 0 aliphatic rings. The maximum Gasteiger partial charge on any atom is 0.343 e. The summed E-state index contributed by atoms with van der Waals surface area (Å²) in [5, 5.41) is 10.5. The van der Waals surface area contributed by atoms with E-state index in [1.54, 1.807) is 0 Å². The van der Waals surface area contributed by atoms with Gasteiger partial charge in [-0.3, -0.25) is 0 Å². The molecule has 0 saturated carbocycles. The highest BCUT2D eigenvalue weighted by atomic mass is 16.5. The smallest absolute Gasteiger partial charge is 0.343 e. The first-order chi connectivity index (χ1) is 4.72. The van der Waals surface area contributed by atoms with Crippen LogP contribution >= 0.6 is 0 Å². The Balaban J connectivity index is 3.61. The van der Waals surface area contributed by atoms with E-state index in [2.05, 4.69) is 17.9 Å². The van der Waals surface area contributed by atoms with Crippen LogP contribution in [0, 0.1) is 0 Å². The molecule has 0 aliphatic carbocycles. The van der Waals surface area contributed by atoms with Crippen LogP contribution in [0.5, 0.6) is 0 Å². The van der Waals surface area contributed by atoms with Gasteiger partial charge in [-0.2, -0.15) is 0 Å². The van der Waals surface area contributed by atoms with Crippen molar-refractivity contribution >= 4 is 5.97 Å². The zero-order valence-corrected chi connectivity index (χ0v) is 5.58. The summed E-state index contributed by atoms with van der Waals surface area (Å²) in [6.07, 6.45) is 0.916. The van der Waals surface area contributed by atoms with Gasteiger partial charge < -0.3 is 4.74 Å². The molecule has 0 fully saturated rings. The largest absolute Gasteiger partial charge is 0.459 e. The van der Waals surface area contributed by atoms with E-state index in [1.807, 2.05) is 0 Å². The average Bonchev–Trinajstić information content (AvgIpc) is 1.98. The molecular weight excluding hydrogens is 132 g/mol. The van der Waals surface area contributed by atoms with E-state index in [-0.39, 0.29) is 6.61 Å². The molecule has 0 bridgehead atoms. The Morgan fingerprint density at radius 1 is 1.60 bits per heavy atom. The normalized spacial score (nSPS) is 11.7. The number of hydrogen-bond acceptors (Lipinski definition) is 2. The third-order valence-corrected chi connectivity index (χ3v) is 0.790. The molecule has 0 aromatic heterocycles. The first-order valence-electron chi connectivity index (χ1n) is 2.78. The van der Waals surface area contributed by atoms with E-state index in [0.29, 0.717) is 0 Å². The van der Waals surface area contributed by atoms with Crippen LogP contribution < -0.4 is 0 Å². The Morgan fingerprint density at radius 2 is 2.20 bits per heavy atom. The molecule has 0 aromatic carbocycles. The second kappa shape index (κ2) is 4.76. The molecule has 10 heavy (non-hydrogen) atoms. The lowest BCUT2D eigenvalue weighted by atomic mass is 10.4. The third-order valence-electron chi connectivity index (χ3n) is 0.790. The molecule has 3 heteroatoms. The van der Waals surface area contributed by atoms with Gasteiger partial charge in [0.05, 0.1) is 0 Å². The third kappa shape index (κ3) is 3.04. The molecule has 0 rings (SSSR count). The second-order valence-corrected chi connectivity index (χ2v) is 1.58. The molecule has 0 N–H and O–H groups in total. The molecule has 55 valence electrons. The van der Waals surface area contributed by atoms with Gasteiger partial charge in [0.25, 0.3) is 0 Å². The Labute approximate surface area is 59.6 Å². The summed E-state index contributed by atoms with van der Waals surface area (Å²) in [5.41, 5.74) is 0. The quantitative estimate of drug-likeness (QED) is 0.427. The van der Waals surface area contributed by atoms with Gasteiger partial charge in [-0.05, 0) is 6.08 Å². The Morgan fingerprint density at radius 3 is 2.60 bits per heavy atom. The van der Waals surface area contributed by atoms with Gasteiger partial charge >= 0.3 is 5.97 Å². The molecule has 1 radical (unpaired) electrons. The SMILES string of the molecule is C=CCOC(=O)[C@@H]([O])C=C. The van der Waals surface area contributed by atoms with Gasteiger partial charge in [0.15, 0.2) is 0 Å². The molecule has 0 aromatic rings. The number of hydrogen-bond donors (Lipinski definition) is 0. The van der Waals surface area contributed by atoms with Crippen molar-refractivity contribution in [3.8, 4) is 0 Å². The van der Waals surface area contributed by atoms with E-state index < -0.39 is 12.1 Å². The molecular formula is C7H9O3. The Bertz CT molecular complexity index is 140. The summed E-state index contributed by atoms with van der Waals surface area (Å²) < 4.78 is 4.40. The van der Waals surface area contributed by atoms with Gasteiger partial charge in [-0.15, -0.1) is 0 Å². The van der Waals surface area contributed by atoms with E-state index in [1.165, 1.54) is 6.08 Å². The zero-order valence-electron chi connectivity index (χ0n) is 5.58. The fraction of sp³-hybridized carbons (Fsp3) is 0.286. The minimum absolute atomic E-state index is 0.0748. The van der Waals surface area contributed by atoms with Crippen LogP contribution in [0.25, 0.3) is 0 Å². The highest BCUT2D eigenvalue weighted by Gasteiger charge is 2.12. The monoisotopic (exact) mass is 141 g/mol. The molecule has 0 spiro atoms. The maximum atomic E-state index is 10.5. The number of esters is 1. The van der Waals surface area contributed by atoms with E-state index in [9.17, 15) is 9.90 Å². The van der Waals surface area contributed by atoms with Crippen molar-refractivity contribution in [3.05, 3.63) is 25.3 Å². The lowest BCUT2D eigenvalue weighted by Crippen LogP contribution is -2.18. The van der Waals surface area contributed by atoms with Crippen molar-refractivity contribution in [1.82, 2.24) is 0 Å². The van der Waals surface area contributed by atoms with Crippen LogP contribution in [0.2, 0.25) is 0 Å². The van der Waals surface area contributed by atoms with Crippen molar-refractivity contribution in [2.24, 2.45) is 0 Å². The average molecular weight is 141 g/mol. The highest BCUT2D eigenvalue weighted by Crippen LogP contribution is 1.89. The van der Waals surface area contributed by atoms with Gasteiger partial charge in [0.2, 0.25) is 6.10 Å². The first kappa shape index (κ1) is 8.91. The van der Waals surface area contributed by atoms with Gasteiger partial charge in [-0.1, -0.05) is 19.2 Å². The van der Waals surface area contributed by atoms with Crippen molar-refractivity contribution in [3.63, 3.8) is 0 Å². The molecule has 0 aliphatic heterocycles. The van der Waals surface area contributed by atoms with Crippen molar-refractivity contribution in [1.29, 1.82) is 0 Å². The van der Waals surface area contributed by atoms with Gasteiger partial charge in [0, 0.05) is 0 Å². The van der Waals surface area contributed by atoms with Crippen LogP contribution in [0.15, 0.2) is 25.3 Å². The number of ether oxygens (including phenoxy) is 1. The predicted molar refractivity (Wildman–Crippen MR) is 35.8 cm³/mol. The summed E-state index contributed by atoms with van der Waals surface area (Å²) in [6.45, 7) is 6.54. The lowest BCUT2D eigenvalue weighted by Gasteiger charge is -2.00. The molecule has 0 amide bonds. The van der Waals surface area contributed by atoms with Crippen LogP contribution in [-0.2, 0) is 14.6 Å². The Kier molecular flexibility index (Phi) is 4.24. The van der Waals surface area contributed by atoms with Crippen LogP contribution in [-0.4, -0.2) is 18.7 Å². The van der Waals surface area contributed by atoms with Crippen molar-refractivity contribution in [2.75, 3.05) is 6.61 Å². The van der Waals surface area contributed by atoms with E-state index in [4.69, 9.17) is 0 Å². The topological polar surface area (TPSA) is 46.2 Å². The predicted octanol–water partition coefficient (Wildman–Crippen LogP) is 0.701. The number of carbonyl (C=O) groups excluding carboxylic acids is 1.